The van der Waals surface area contributed by atoms with Crippen molar-refractivity contribution in [3.63, 3.8) is 0 Å². The molecule has 0 bridgehead atoms. The molecule has 0 aromatic heterocycles. The van der Waals surface area contributed by atoms with Crippen LogP contribution in [0.2, 0.25) is 0 Å². The topological polar surface area (TPSA) is 66.5 Å². The first-order valence-corrected chi connectivity index (χ1v) is 13.1. The molecule has 162 valence electrons. The molecule has 3 aromatic rings. The fourth-order valence-corrected chi connectivity index (χ4v) is 4.88. The zero-order valence-corrected chi connectivity index (χ0v) is 20.5. The number of hydrogen-bond acceptors (Lipinski definition) is 4. The number of alkyl halides is 1. The fourth-order valence-electron chi connectivity index (χ4n) is 3.32. The number of carbonyl (C=O) groups is 1. The molecule has 0 aliphatic carbocycles. The first-order valence-electron chi connectivity index (χ1n) is 10.1. The molecule has 0 unspecified atom stereocenters. The van der Waals surface area contributed by atoms with Gasteiger partial charge in [0, 0.05) is 34.3 Å². The predicted molar refractivity (Wildman–Crippen MR) is 135 cm³/mol. The van der Waals surface area contributed by atoms with E-state index in [1.807, 2.05) is 12.1 Å². The van der Waals surface area contributed by atoms with Gasteiger partial charge in [-0.1, -0.05) is 59.0 Å². The Balaban J connectivity index is 1.95. The lowest BCUT2D eigenvalue weighted by Gasteiger charge is -2.21. The number of anilines is 2. The van der Waals surface area contributed by atoms with E-state index in [1.54, 1.807) is 60.7 Å². The smallest absolute Gasteiger partial charge is 0.261 e. The van der Waals surface area contributed by atoms with Gasteiger partial charge in [0.05, 0.1) is 10.6 Å². The van der Waals surface area contributed by atoms with Gasteiger partial charge in [0.25, 0.3) is 10.0 Å². The summed E-state index contributed by atoms with van der Waals surface area (Å²) in [5.41, 5.74) is 3.04. The monoisotopic (exact) mass is 548 g/mol. The van der Waals surface area contributed by atoms with Gasteiger partial charge in [0.2, 0.25) is 0 Å². The van der Waals surface area contributed by atoms with E-state index in [0.29, 0.717) is 15.6 Å². The number of nitrogens with zero attached hydrogens (tertiary/aromatic N) is 1. The predicted octanol–water partition coefficient (Wildman–Crippen LogP) is 5.50. The number of benzene rings is 3. The van der Waals surface area contributed by atoms with Crippen LogP contribution in [-0.2, 0) is 14.5 Å². The summed E-state index contributed by atoms with van der Waals surface area (Å²) in [7, 11) is -3.85. The van der Waals surface area contributed by atoms with E-state index in [0.717, 1.165) is 24.3 Å². The molecule has 3 aromatic carbocycles. The van der Waals surface area contributed by atoms with Crippen LogP contribution in [0, 0.1) is 0 Å². The molecular formula is C24H25IN2O3S. The quantitative estimate of drug-likeness (QED) is 0.218. The Bertz CT molecular complexity index is 1140. The lowest BCUT2D eigenvalue weighted by atomic mass is 10.00. The van der Waals surface area contributed by atoms with Crippen molar-refractivity contribution in [1.29, 1.82) is 0 Å². The Morgan fingerprint density at radius 3 is 2.16 bits per heavy atom. The number of hydrogen-bond donors (Lipinski definition) is 1. The molecule has 0 radical (unpaired) electrons. The molecular weight excluding hydrogens is 523 g/mol. The summed E-state index contributed by atoms with van der Waals surface area (Å²) in [6, 6.07) is 20.9. The molecule has 7 heteroatoms. The maximum Gasteiger partial charge on any atom is 0.261 e. The molecule has 31 heavy (non-hydrogen) atoms. The van der Waals surface area contributed by atoms with Crippen molar-refractivity contribution < 1.29 is 13.2 Å². The van der Waals surface area contributed by atoms with Crippen molar-refractivity contribution in [3.05, 3.63) is 89.5 Å². The number of rotatable bonds is 9. The Morgan fingerprint density at radius 2 is 1.58 bits per heavy atom. The number of nitrogens with one attached hydrogen (secondary N) is 1. The SMILES string of the molecule is CCN(CC)c1ccc(S(=O)(=O)Nc2ccc(CI)cc2C(=O)c2ccccc2)cc1. The molecule has 0 heterocycles. The Morgan fingerprint density at radius 1 is 0.935 bits per heavy atom. The Labute approximate surface area is 197 Å². The van der Waals surface area contributed by atoms with Crippen LogP contribution in [0.3, 0.4) is 0 Å². The van der Waals surface area contributed by atoms with Crippen molar-refractivity contribution in [2.75, 3.05) is 22.7 Å². The van der Waals surface area contributed by atoms with Gasteiger partial charge in [0.1, 0.15) is 0 Å². The van der Waals surface area contributed by atoms with Crippen LogP contribution in [0.4, 0.5) is 11.4 Å². The third kappa shape index (κ3) is 5.46. The third-order valence-electron chi connectivity index (χ3n) is 5.04. The summed E-state index contributed by atoms with van der Waals surface area (Å²) < 4.78 is 29.4. The lowest BCUT2D eigenvalue weighted by Crippen LogP contribution is -2.22. The van der Waals surface area contributed by atoms with Crippen LogP contribution < -0.4 is 9.62 Å². The summed E-state index contributed by atoms with van der Waals surface area (Å²) in [6.45, 7) is 5.80. The van der Waals surface area contributed by atoms with E-state index in [4.69, 9.17) is 0 Å². The van der Waals surface area contributed by atoms with Crippen molar-refractivity contribution in [1.82, 2.24) is 0 Å². The van der Waals surface area contributed by atoms with E-state index in [1.165, 1.54) is 0 Å². The summed E-state index contributed by atoms with van der Waals surface area (Å²) in [5, 5.41) is 0. The second-order valence-electron chi connectivity index (χ2n) is 6.98. The summed E-state index contributed by atoms with van der Waals surface area (Å²) >= 11 is 2.22. The van der Waals surface area contributed by atoms with Gasteiger partial charge in [0.15, 0.2) is 5.78 Å². The van der Waals surface area contributed by atoms with Crippen molar-refractivity contribution in [2.45, 2.75) is 23.2 Å². The van der Waals surface area contributed by atoms with Gasteiger partial charge in [-0.05, 0) is 55.8 Å². The maximum absolute atomic E-state index is 13.1. The highest BCUT2D eigenvalue weighted by Crippen LogP contribution is 2.26. The lowest BCUT2D eigenvalue weighted by molar-refractivity contribution is 0.103. The fraction of sp³-hybridized carbons (Fsp3) is 0.208. The number of carbonyl (C=O) groups excluding carboxylic acids is 1. The van der Waals surface area contributed by atoms with E-state index in [2.05, 4.69) is 46.1 Å². The molecule has 0 saturated carbocycles. The molecule has 0 aliphatic heterocycles. The molecule has 3 rings (SSSR count). The molecule has 1 N–H and O–H groups in total. The average Bonchev–Trinajstić information content (AvgIpc) is 2.80. The highest BCUT2D eigenvalue weighted by molar-refractivity contribution is 14.1. The highest BCUT2D eigenvalue weighted by atomic mass is 127. The van der Waals surface area contributed by atoms with Gasteiger partial charge in [-0.25, -0.2) is 8.42 Å². The molecule has 0 fully saturated rings. The second kappa shape index (κ2) is 10.3. The molecule has 0 spiro atoms. The molecule has 0 atom stereocenters. The van der Waals surface area contributed by atoms with Crippen molar-refractivity contribution in [2.24, 2.45) is 0 Å². The van der Waals surface area contributed by atoms with E-state index >= 15 is 0 Å². The molecule has 0 aliphatic rings. The number of halogens is 1. The van der Waals surface area contributed by atoms with Gasteiger partial charge in [-0.2, -0.15) is 0 Å². The van der Waals surface area contributed by atoms with E-state index < -0.39 is 10.0 Å². The summed E-state index contributed by atoms with van der Waals surface area (Å²) in [4.78, 5) is 15.4. The first kappa shape index (κ1) is 23.3. The normalized spacial score (nSPS) is 11.2. The van der Waals surface area contributed by atoms with Crippen LogP contribution in [-0.4, -0.2) is 27.3 Å². The molecule has 5 nitrogen and oxygen atoms in total. The van der Waals surface area contributed by atoms with E-state index in [9.17, 15) is 13.2 Å². The van der Waals surface area contributed by atoms with Crippen LogP contribution in [0.25, 0.3) is 0 Å². The number of sulfonamides is 1. The molecule has 0 amide bonds. The third-order valence-corrected chi connectivity index (χ3v) is 7.30. The van der Waals surface area contributed by atoms with Gasteiger partial charge < -0.3 is 4.90 Å². The Hall–Kier alpha value is -2.39. The number of ketones is 1. The average molecular weight is 548 g/mol. The van der Waals surface area contributed by atoms with Crippen LogP contribution in [0.15, 0.2) is 77.7 Å². The van der Waals surface area contributed by atoms with Gasteiger partial charge in [-0.15, -0.1) is 0 Å². The van der Waals surface area contributed by atoms with E-state index in [-0.39, 0.29) is 16.4 Å². The summed E-state index contributed by atoms with van der Waals surface area (Å²) in [5.74, 6) is -0.220. The van der Waals surface area contributed by atoms with Crippen LogP contribution in [0.5, 0.6) is 0 Å². The largest absolute Gasteiger partial charge is 0.372 e. The first-order chi connectivity index (χ1) is 14.9. The van der Waals surface area contributed by atoms with Gasteiger partial charge >= 0.3 is 0 Å². The Kier molecular flexibility index (Phi) is 7.72. The standard InChI is InChI=1S/C24H25IN2O3S/c1-3-27(4-2)20-11-13-21(14-12-20)31(29,30)26-23-15-10-18(17-25)16-22(23)24(28)19-8-6-5-7-9-19/h5-16,26H,3-4,17H2,1-2H3. The zero-order valence-electron chi connectivity index (χ0n) is 17.5. The minimum atomic E-state index is -3.85. The van der Waals surface area contributed by atoms with Crippen LogP contribution >= 0.6 is 22.6 Å². The van der Waals surface area contributed by atoms with Crippen molar-refractivity contribution in [3.8, 4) is 0 Å². The summed E-state index contributed by atoms with van der Waals surface area (Å²) in [6.07, 6.45) is 0. The second-order valence-corrected chi connectivity index (χ2v) is 9.43. The maximum atomic E-state index is 13.1. The molecule has 0 saturated heterocycles. The van der Waals surface area contributed by atoms with Gasteiger partial charge in [-0.3, -0.25) is 9.52 Å². The minimum Gasteiger partial charge on any atom is -0.372 e. The van der Waals surface area contributed by atoms with Crippen LogP contribution in [0.1, 0.15) is 35.3 Å². The zero-order chi connectivity index (χ0) is 22.4. The minimum absolute atomic E-state index is 0.152. The highest BCUT2D eigenvalue weighted by Gasteiger charge is 2.20. The van der Waals surface area contributed by atoms with Crippen molar-refractivity contribution >= 4 is 49.8 Å².